The largest absolute Gasteiger partial charge is 0.395 e. The van der Waals surface area contributed by atoms with Crippen molar-refractivity contribution >= 4 is 17.2 Å². The van der Waals surface area contributed by atoms with Gasteiger partial charge in [-0.25, -0.2) is 0 Å². The zero-order chi connectivity index (χ0) is 17.9. The topological polar surface area (TPSA) is 62.5 Å². The lowest BCUT2D eigenvalue weighted by molar-refractivity contribution is 0.0706. The Kier molecular flexibility index (Phi) is 5.96. The molecule has 24 heavy (non-hydrogen) atoms. The van der Waals surface area contributed by atoms with E-state index >= 15 is 0 Å². The third-order valence-corrected chi connectivity index (χ3v) is 5.02. The van der Waals surface area contributed by atoms with Crippen LogP contribution in [0.4, 0.5) is 0 Å². The zero-order valence-corrected chi connectivity index (χ0v) is 15.4. The first-order chi connectivity index (χ1) is 11.4. The number of amides is 1. The number of aromatic nitrogens is 1. The Balaban J connectivity index is 2.41. The lowest BCUT2D eigenvalue weighted by Crippen LogP contribution is -2.39. The monoisotopic (exact) mass is 348 g/mol. The predicted octanol–water partition coefficient (Wildman–Crippen LogP) is 2.49. The maximum atomic E-state index is 13.0. The summed E-state index contributed by atoms with van der Waals surface area (Å²) >= 11 is 1.61. The molecule has 0 aromatic carbocycles. The van der Waals surface area contributed by atoms with Crippen molar-refractivity contribution in [3.8, 4) is 0 Å². The number of carbonyl (C=O) groups excluding carboxylic acids is 1. The molecule has 2 heterocycles. The van der Waals surface area contributed by atoms with Gasteiger partial charge in [-0.1, -0.05) is 0 Å². The predicted molar refractivity (Wildman–Crippen MR) is 96.7 cm³/mol. The third-order valence-electron chi connectivity index (χ3n) is 4.03. The quantitative estimate of drug-likeness (QED) is 0.872. The molecule has 0 bridgehead atoms. The summed E-state index contributed by atoms with van der Waals surface area (Å²) in [5, 5.41) is 9.33. The fourth-order valence-corrected chi connectivity index (χ4v) is 3.78. The number of carbonyl (C=O) groups is 1. The lowest BCUT2D eigenvalue weighted by Gasteiger charge is -2.22. The second-order valence-electron chi connectivity index (χ2n) is 5.86. The minimum Gasteiger partial charge on any atom is -0.395 e. The Morgan fingerprint density at radius 2 is 2.00 bits per heavy atom. The molecule has 130 valence electrons. The number of aliphatic hydroxyl groups excluding tert-OH is 1. The standard InChI is InChI=1S/C18H24N2O3S/c1-5-20-13(3)10-12(2)16(18(20)23)17(22)19(8-9-21)11-15-7-6-14(4)24-15/h6-7,10,21H,5,8-9,11H2,1-4H3. The second kappa shape index (κ2) is 7.77. The number of nitrogens with zero attached hydrogens (tertiary/aromatic N) is 2. The molecule has 0 aliphatic carbocycles. The van der Waals surface area contributed by atoms with E-state index in [1.807, 2.05) is 39.0 Å². The molecule has 0 aliphatic rings. The normalized spacial score (nSPS) is 10.9. The van der Waals surface area contributed by atoms with Crippen LogP contribution in [0, 0.1) is 20.8 Å². The van der Waals surface area contributed by atoms with E-state index in [-0.39, 0.29) is 30.2 Å². The first kappa shape index (κ1) is 18.4. The molecule has 0 aliphatic heterocycles. The number of hydrogen-bond acceptors (Lipinski definition) is 4. The third kappa shape index (κ3) is 3.76. The van der Waals surface area contributed by atoms with Gasteiger partial charge in [0.1, 0.15) is 5.56 Å². The Morgan fingerprint density at radius 3 is 2.54 bits per heavy atom. The highest BCUT2D eigenvalue weighted by Crippen LogP contribution is 2.19. The van der Waals surface area contributed by atoms with Crippen LogP contribution in [0.25, 0.3) is 0 Å². The van der Waals surface area contributed by atoms with Gasteiger partial charge in [0.05, 0.1) is 13.2 Å². The molecule has 0 fully saturated rings. The smallest absolute Gasteiger partial charge is 0.263 e. The molecule has 2 rings (SSSR count). The van der Waals surface area contributed by atoms with Crippen molar-refractivity contribution in [2.75, 3.05) is 13.2 Å². The van der Waals surface area contributed by atoms with Crippen LogP contribution in [0.1, 0.15) is 38.3 Å². The summed E-state index contributed by atoms with van der Waals surface area (Å²) in [5.74, 6) is -0.320. The second-order valence-corrected chi connectivity index (χ2v) is 7.23. The van der Waals surface area contributed by atoms with Gasteiger partial charge in [-0.15, -0.1) is 11.3 Å². The van der Waals surface area contributed by atoms with Crippen molar-refractivity contribution in [2.45, 2.75) is 40.8 Å². The zero-order valence-electron chi connectivity index (χ0n) is 14.6. The Bertz CT molecular complexity index is 792. The van der Waals surface area contributed by atoms with Gasteiger partial charge in [-0.3, -0.25) is 9.59 Å². The molecule has 0 radical (unpaired) electrons. The van der Waals surface area contributed by atoms with Gasteiger partial charge >= 0.3 is 0 Å². The van der Waals surface area contributed by atoms with E-state index in [9.17, 15) is 14.7 Å². The number of aryl methyl sites for hydroxylation is 3. The summed E-state index contributed by atoms with van der Waals surface area (Å²) in [6.07, 6.45) is 0. The summed E-state index contributed by atoms with van der Waals surface area (Å²) in [5.41, 5.74) is 1.46. The molecule has 1 N–H and O–H groups in total. The fraction of sp³-hybridized carbons (Fsp3) is 0.444. The van der Waals surface area contributed by atoms with E-state index in [4.69, 9.17) is 0 Å². The lowest BCUT2D eigenvalue weighted by atomic mass is 10.1. The number of rotatable bonds is 6. The molecule has 2 aromatic rings. The maximum absolute atomic E-state index is 13.0. The van der Waals surface area contributed by atoms with E-state index in [1.165, 1.54) is 4.88 Å². The SMILES string of the molecule is CCn1c(C)cc(C)c(C(=O)N(CCO)Cc2ccc(C)s2)c1=O. The molecule has 0 saturated heterocycles. The van der Waals surface area contributed by atoms with Crippen LogP contribution in [0.2, 0.25) is 0 Å². The molecule has 0 atom stereocenters. The van der Waals surface area contributed by atoms with Crippen molar-refractivity contribution in [3.05, 3.63) is 55.1 Å². The van der Waals surface area contributed by atoms with Crippen LogP contribution < -0.4 is 5.56 Å². The summed E-state index contributed by atoms with van der Waals surface area (Å²) in [6.45, 7) is 8.54. The highest BCUT2D eigenvalue weighted by molar-refractivity contribution is 7.11. The highest BCUT2D eigenvalue weighted by Gasteiger charge is 2.23. The minimum atomic E-state index is -0.320. The summed E-state index contributed by atoms with van der Waals surface area (Å²) in [7, 11) is 0. The summed E-state index contributed by atoms with van der Waals surface area (Å²) < 4.78 is 1.60. The Morgan fingerprint density at radius 1 is 1.29 bits per heavy atom. The van der Waals surface area contributed by atoms with Crippen LogP contribution in [-0.2, 0) is 13.1 Å². The van der Waals surface area contributed by atoms with Crippen molar-refractivity contribution < 1.29 is 9.90 Å². The van der Waals surface area contributed by atoms with Gasteiger partial charge in [0.2, 0.25) is 0 Å². The average Bonchev–Trinajstić information content (AvgIpc) is 2.92. The average molecular weight is 348 g/mol. The van der Waals surface area contributed by atoms with E-state index in [2.05, 4.69) is 0 Å². The number of hydrogen-bond donors (Lipinski definition) is 1. The highest BCUT2D eigenvalue weighted by atomic mass is 32.1. The van der Waals surface area contributed by atoms with Crippen molar-refractivity contribution in [1.29, 1.82) is 0 Å². The van der Waals surface area contributed by atoms with Gasteiger partial charge in [-0.05, 0) is 51.5 Å². The minimum absolute atomic E-state index is 0.136. The molecule has 0 unspecified atom stereocenters. The van der Waals surface area contributed by atoms with Crippen molar-refractivity contribution in [3.63, 3.8) is 0 Å². The van der Waals surface area contributed by atoms with Gasteiger partial charge in [-0.2, -0.15) is 0 Å². The number of aliphatic hydroxyl groups is 1. The summed E-state index contributed by atoms with van der Waals surface area (Å²) in [6, 6.07) is 5.84. The molecule has 6 heteroatoms. The van der Waals surface area contributed by atoms with Gasteiger partial charge < -0.3 is 14.6 Å². The van der Waals surface area contributed by atoms with E-state index in [0.29, 0.717) is 18.7 Å². The summed E-state index contributed by atoms with van der Waals surface area (Å²) in [4.78, 5) is 29.4. The molecular weight excluding hydrogens is 324 g/mol. The van der Waals surface area contributed by atoms with Gasteiger partial charge in [0.15, 0.2) is 0 Å². The van der Waals surface area contributed by atoms with E-state index < -0.39 is 0 Å². The first-order valence-corrected chi connectivity index (χ1v) is 8.87. The number of pyridine rings is 1. The molecular formula is C18H24N2O3S. The van der Waals surface area contributed by atoms with E-state index in [1.54, 1.807) is 27.7 Å². The van der Waals surface area contributed by atoms with E-state index in [0.717, 1.165) is 10.6 Å². The molecule has 0 spiro atoms. The fourth-order valence-electron chi connectivity index (χ4n) is 2.87. The molecule has 1 amide bonds. The van der Waals surface area contributed by atoms with Crippen molar-refractivity contribution in [1.82, 2.24) is 9.47 Å². The number of thiophene rings is 1. The Hall–Kier alpha value is -1.92. The van der Waals surface area contributed by atoms with Gasteiger partial charge in [0.25, 0.3) is 11.5 Å². The Labute approximate surface area is 146 Å². The van der Waals surface area contributed by atoms with Crippen molar-refractivity contribution in [2.24, 2.45) is 0 Å². The first-order valence-electron chi connectivity index (χ1n) is 8.05. The maximum Gasteiger partial charge on any atom is 0.263 e. The van der Waals surface area contributed by atoms with Crippen LogP contribution in [0.3, 0.4) is 0 Å². The van der Waals surface area contributed by atoms with Crippen LogP contribution in [-0.4, -0.2) is 33.6 Å². The molecule has 2 aromatic heterocycles. The van der Waals surface area contributed by atoms with Gasteiger partial charge in [0, 0.05) is 28.5 Å². The van der Waals surface area contributed by atoms with Crippen LogP contribution >= 0.6 is 11.3 Å². The van der Waals surface area contributed by atoms with Crippen LogP contribution in [0.5, 0.6) is 0 Å². The molecule has 0 saturated carbocycles. The van der Waals surface area contributed by atoms with Crippen LogP contribution in [0.15, 0.2) is 23.0 Å². The molecule has 5 nitrogen and oxygen atoms in total.